The Labute approximate surface area is 121 Å². The highest BCUT2D eigenvalue weighted by atomic mass is 35.5. The topological polar surface area (TPSA) is 84.2 Å². The molecule has 0 radical (unpaired) electrons. The highest BCUT2D eigenvalue weighted by molar-refractivity contribution is 5.99. The quantitative estimate of drug-likeness (QED) is 0.794. The van der Waals surface area contributed by atoms with E-state index >= 15 is 0 Å². The summed E-state index contributed by atoms with van der Waals surface area (Å²) in [7, 11) is 0. The average molecular weight is 308 g/mol. The Morgan fingerprint density at radius 1 is 1.20 bits per heavy atom. The molecule has 112 valence electrons. The van der Waals surface area contributed by atoms with Crippen LogP contribution < -0.4 is 16.4 Å². The zero-order valence-electron chi connectivity index (χ0n) is 11.0. The predicted octanol–water partition coefficient (Wildman–Crippen LogP) is 1.88. The van der Waals surface area contributed by atoms with E-state index in [-0.39, 0.29) is 30.3 Å². The first-order valence-electron chi connectivity index (χ1n) is 5.62. The molecule has 0 fully saturated rings. The number of hydrogen-bond acceptors (Lipinski definition) is 3. The second-order valence-corrected chi connectivity index (χ2v) is 4.12. The summed E-state index contributed by atoms with van der Waals surface area (Å²) in [5.74, 6) is -3.63. The number of carbonyl (C=O) groups excluding carboxylic acids is 2. The number of halogens is 3. The van der Waals surface area contributed by atoms with Crippen molar-refractivity contribution in [2.45, 2.75) is 13.8 Å². The molecule has 20 heavy (non-hydrogen) atoms. The molecule has 0 aliphatic rings. The summed E-state index contributed by atoms with van der Waals surface area (Å²) in [5.41, 5.74) is 5.31. The molecule has 0 aliphatic heterocycles. The van der Waals surface area contributed by atoms with Crippen molar-refractivity contribution in [1.82, 2.24) is 0 Å². The maximum atomic E-state index is 13.2. The van der Waals surface area contributed by atoms with E-state index in [2.05, 4.69) is 10.6 Å². The fourth-order valence-electron chi connectivity index (χ4n) is 1.31. The average Bonchev–Trinajstić information content (AvgIpc) is 2.33. The lowest BCUT2D eigenvalue weighted by atomic mass is 10.1. The number of carbonyl (C=O) groups is 2. The number of anilines is 2. The summed E-state index contributed by atoms with van der Waals surface area (Å²) < 4.78 is 26.3. The number of benzene rings is 1. The van der Waals surface area contributed by atoms with Crippen LogP contribution in [0.3, 0.4) is 0 Å². The summed E-state index contributed by atoms with van der Waals surface area (Å²) in [6.45, 7) is 2.92. The maximum Gasteiger partial charge on any atom is 0.228 e. The van der Waals surface area contributed by atoms with Crippen molar-refractivity contribution in [3.8, 4) is 0 Å². The van der Waals surface area contributed by atoms with Crippen LogP contribution in [-0.4, -0.2) is 18.4 Å². The molecule has 0 heterocycles. The van der Waals surface area contributed by atoms with E-state index in [1.165, 1.54) is 6.92 Å². The van der Waals surface area contributed by atoms with Gasteiger partial charge >= 0.3 is 0 Å². The molecule has 1 aromatic rings. The lowest BCUT2D eigenvalue weighted by Gasteiger charge is -2.14. The summed E-state index contributed by atoms with van der Waals surface area (Å²) >= 11 is 0. The number of nitrogens with one attached hydrogen (secondary N) is 2. The highest BCUT2D eigenvalue weighted by Crippen LogP contribution is 2.25. The Hall–Kier alpha value is -1.73. The molecular formula is C12H16ClF2N3O2. The Balaban J connectivity index is 0.00000361. The first kappa shape index (κ1) is 18.3. The van der Waals surface area contributed by atoms with Crippen molar-refractivity contribution < 1.29 is 18.4 Å². The number of amides is 2. The van der Waals surface area contributed by atoms with Crippen molar-refractivity contribution >= 4 is 35.6 Å². The van der Waals surface area contributed by atoms with Crippen LogP contribution in [0.5, 0.6) is 0 Å². The Morgan fingerprint density at radius 3 is 2.05 bits per heavy atom. The van der Waals surface area contributed by atoms with Gasteiger partial charge in [-0.3, -0.25) is 9.59 Å². The second-order valence-electron chi connectivity index (χ2n) is 4.12. The van der Waals surface area contributed by atoms with Gasteiger partial charge in [0, 0.05) is 31.5 Å². The van der Waals surface area contributed by atoms with Crippen molar-refractivity contribution in [3.05, 3.63) is 23.8 Å². The third-order valence-corrected chi connectivity index (χ3v) is 2.43. The smallest absolute Gasteiger partial charge is 0.228 e. The van der Waals surface area contributed by atoms with Crippen molar-refractivity contribution in [2.75, 3.05) is 17.2 Å². The van der Waals surface area contributed by atoms with Crippen LogP contribution in [0.4, 0.5) is 20.2 Å². The van der Waals surface area contributed by atoms with E-state index in [0.717, 1.165) is 12.1 Å². The molecule has 8 heteroatoms. The van der Waals surface area contributed by atoms with Crippen LogP contribution in [0.15, 0.2) is 12.1 Å². The fraction of sp³-hybridized carbons (Fsp3) is 0.333. The van der Waals surface area contributed by atoms with Gasteiger partial charge in [-0.05, 0) is 0 Å². The van der Waals surface area contributed by atoms with Gasteiger partial charge in [0.1, 0.15) is 0 Å². The monoisotopic (exact) mass is 307 g/mol. The Bertz CT molecular complexity index is 512. The minimum atomic E-state index is -1.12. The van der Waals surface area contributed by atoms with Gasteiger partial charge in [-0.25, -0.2) is 8.78 Å². The SMILES string of the molecule is CC(=O)Nc1cc(F)c(F)cc1NC(=O)C(C)CN.Cl. The zero-order valence-corrected chi connectivity index (χ0v) is 11.8. The largest absolute Gasteiger partial charge is 0.330 e. The lowest BCUT2D eigenvalue weighted by Crippen LogP contribution is -2.27. The molecule has 1 atom stereocenters. The van der Waals surface area contributed by atoms with E-state index in [0.29, 0.717) is 0 Å². The van der Waals surface area contributed by atoms with Gasteiger partial charge in [-0.15, -0.1) is 12.4 Å². The summed E-state index contributed by atoms with van der Waals surface area (Å²) in [5, 5.41) is 4.71. The molecule has 1 rings (SSSR count). The van der Waals surface area contributed by atoms with Gasteiger partial charge in [-0.2, -0.15) is 0 Å². The third-order valence-electron chi connectivity index (χ3n) is 2.43. The molecule has 0 saturated heterocycles. The van der Waals surface area contributed by atoms with E-state index < -0.39 is 29.4 Å². The van der Waals surface area contributed by atoms with Gasteiger partial charge in [0.2, 0.25) is 11.8 Å². The third kappa shape index (κ3) is 4.75. The van der Waals surface area contributed by atoms with E-state index in [1.807, 2.05) is 0 Å². The minimum Gasteiger partial charge on any atom is -0.330 e. The van der Waals surface area contributed by atoms with Gasteiger partial charge in [-0.1, -0.05) is 6.92 Å². The molecular weight excluding hydrogens is 292 g/mol. The number of rotatable bonds is 4. The first-order chi connectivity index (χ1) is 8.85. The standard InChI is InChI=1S/C12H15F2N3O2.ClH/c1-6(5-15)12(19)17-11-4-9(14)8(13)3-10(11)16-7(2)18;/h3-4,6H,5,15H2,1-2H3,(H,16,18)(H,17,19);1H. The van der Waals surface area contributed by atoms with Crippen LogP contribution in [0.2, 0.25) is 0 Å². The van der Waals surface area contributed by atoms with Crippen LogP contribution in [0.25, 0.3) is 0 Å². The van der Waals surface area contributed by atoms with E-state index in [4.69, 9.17) is 5.73 Å². The van der Waals surface area contributed by atoms with Gasteiger partial charge in [0.05, 0.1) is 11.4 Å². The lowest BCUT2D eigenvalue weighted by molar-refractivity contribution is -0.119. The van der Waals surface area contributed by atoms with Crippen LogP contribution in [-0.2, 0) is 9.59 Å². The van der Waals surface area contributed by atoms with Gasteiger partial charge < -0.3 is 16.4 Å². The van der Waals surface area contributed by atoms with Crippen molar-refractivity contribution in [3.63, 3.8) is 0 Å². The molecule has 0 bridgehead atoms. The molecule has 0 saturated carbocycles. The summed E-state index contributed by atoms with van der Waals surface area (Å²) in [4.78, 5) is 22.6. The Kier molecular flexibility index (Phi) is 7.09. The van der Waals surface area contributed by atoms with Crippen LogP contribution in [0, 0.1) is 17.6 Å². The van der Waals surface area contributed by atoms with Gasteiger partial charge in [0.15, 0.2) is 11.6 Å². The molecule has 1 aromatic carbocycles. The van der Waals surface area contributed by atoms with Crippen molar-refractivity contribution in [2.24, 2.45) is 11.7 Å². The molecule has 4 N–H and O–H groups in total. The fourth-order valence-corrected chi connectivity index (χ4v) is 1.31. The number of nitrogens with two attached hydrogens (primary N) is 1. The zero-order chi connectivity index (χ0) is 14.6. The van der Waals surface area contributed by atoms with Crippen molar-refractivity contribution in [1.29, 1.82) is 0 Å². The van der Waals surface area contributed by atoms with E-state index in [1.54, 1.807) is 6.92 Å². The highest BCUT2D eigenvalue weighted by Gasteiger charge is 2.16. The minimum absolute atomic E-state index is 0. The van der Waals surface area contributed by atoms with E-state index in [9.17, 15) is 18.4 Å². The van der Waals surface area contributed by atoms with Gasteiger partial charge in [0.25, 0.3) is 0 Å². The predicted molar refractivity (Wildman–Crippen MR) is 74.8 cm³/mol. The maximum absolute atomic E-state index is 13.2. The molecule has 5 nitrogen and oxygen atoms in total. The Morgan fingerprint density at radius 2 is 1.65 bits per heavy atom. The second kappa shape index (κ2) is 7.76. The first-order valence-corrected chi connectivity index (χ1v) is 5.62. The van der Waals surface area contributed by atoms with Crippen LogP contribution >= 0.6 is 12.4 Å². The molecule has 0 spiro atoms. The molecule has 0 aromatic heterocycles. The molecule has 2 amide bonds. The summed E-state index contributed by atoms with van der Waals surface area (Å²) in [6, 6.07) is 1.61. The van der Waals surface area contributed by atoms with Crippen LogP contribution in [0.1, 0.15) is 13.8 Å². The molecule has 1 unspecified atom stereocenters. The number of hydrogen-bond donors (Lipinski definition) is 3. The normalized spacial score (nSPS) is 11.2. The summed E-state index contributed by atoms with van der Waals surface area (Å²) in [6.07, 6.45) is 0. The molecule has 0 aliphatic carbocycles.